The van der Waals surface area contributed by atoms with E-state index in [0.29, 0.717) is 6.61 Å². The molecular weight excluding hydrogens is 392 g/mol. The summed E-state index contributed by atoms with van der Waals surface area (Å²) in [5.74, 6) is 0.0932. The van der Waals surface area contributed by atoms with Crippen LogP contribution in [0.25, 0.3) is 0 Å². The zero-order valence-corrected chi connectivity index (χ0v) is 16.5. The van der Waals surface area contributed by atoms with Crippen molar-refractivity contribution in [1.29, 1.82) is 0 Å². The molecule has 0 aromatic heterocycles. The van der Waals surface area contributed by atoms with E-state index in [2.05, 4.69) is 39.1 Å². The van der Waals surface area contributed by atoms with Gasteiger partial charge in [0.05, 0.1) is 18.7 Å². The molecule has 0 radical (unpaired) electrons. The Morgan fingerprint density at radius 3 is 2.73 bits per heavy atom. The highest BCUT2D eigenvalue weighted by molar-refractivity contribution is 9.10. The lowest BCUT2D eigenvalue weighted by Crippen LogP contribution is -2.54. The number of halogens is 1. The molecule has 2 aromatic rings. The number of hydrogen-bond acceptors (Lipinski definition) is 3. The fourth-order valence-corrected chi connectivity index (χ4v) is 4.76. The number of ether oxygens (including phenoxy) is 1. The molecule has 136 valence electrons. The zero-order valence-electron chi connectivity index (χ0n) is 14.9. The fraction of sp³-hybridized carbons (Fsp3) is 0.381. The maximum Gasteiger partial charge on any atom is 0.269 e. The van der Waals surface area contributed by atoms with Crippen molar-refractivity contribution in [3.05, 3.63) is 69.7 Å². The number of hydrazine groups is 1. The molecule has 0 bridgehead atoms. The summed E-state index contributed by atoms with van der Waals surface area (Å²) >= 11 is 3.69. The predicted octanol–water partition coefficient (Wildman–Crippen LogP) is 4.21. The third kappa shape index (κ3) is 3.08. The van der Waals surface area contributed by atoms with Gasteiger partial charge in [-0.15, -0.1) is 0 Å². The van der Waals surface area contributed by atoms with Crippen molar-refractivity contribution in [2.75, 3.05) is 20.3 Å². The third-order valence-electron chi connectivity index (χ3n) is 5.41. The summed E-state index contributed by atoms with van der Waals surface area (Å²) in [6.07, 6.45) is 2.96. The average molecular weight is 415 g/mol. The Kier molecular flexibility index (Phi) is 5.11. The molecule has 0 spiro atoms. The molecule has 2 aliphatic heterocycles. The second-order valence-electron chi connectivity index (χ2n) is 6.96. The first-order chi connectivity index (χ1) is 12.7. The van der Waals surface area contributed by atoms with E-state index < -0.39 is 0 Å². The lowest BCUT2D eigenvalue weighted by molar-refractivity contribution is -0.0640. The normalized spacial score (nSPS) is 23.3. The van der Waals surface area contributed by atoms with Crippen molar-refractivity contribution in [3.63, 3.8) is 0 Å². The fourth-order valence-electron chi connectivity index (χ4n) is 4.22. The quantitative estimate of drug-likeness (QED) is 0.750. The first-order valence-corrected chi connectivity index (χ1v) is 9.91. The van der Waals surface area contributed by atoms with Gasteiger partial charge in [0.15, 0.2) is 0 Å². The monoisotopic (exact) mass is 414 g/mol. The van der Waals surface area contributed by atoms with Crippen LogP contribution in [0.4, 0.5) is 0 Å². The molecule has 2 aromatic carbocycles. The Labute approximate surface area is 162 Å². The van der Waals surface area contributed by atoms with Gasteiger partial charge in [0.2, 0.25) is 0 Å². The smallest absolute Gasteiger partial charge is 0.269 e. The number of rotatable bonds is 4. The molecule has 1 amide bonds. The van der Waals surface area contributed by atoms with Gasteiger partial charge in [-0.25, -0.2) is 5.01 Å². The molecule has 0 unspecified atom stereocenters. The number of fused-ring (bicyclic) bond motifs is 1. The van der Waals surface area contributed by atoms with E-state index in [1.54, 1.807) is 7.11 Å². The summed E-state index contributed by atoms with van der Waals surface area (Å²) in [7, 11) is 1.73. The Morgan fingerprint density at radius 2 is 1.92 bits per heavy atom. The molecule has 0 N–H and O–H groups in total. The lowest BCUT2D eigenvalue weighted by Gasteiger charge is -2.44. The maximum atomic E-state index is 13.5. The minimum atomic E-state index is -0.00886. The molecular formula is C21H23BrN2O2. The van der Waals surface area contributed by atoms with E-state index in [1.165, 1.54) is 0 Å². The summed E-state index contributed by atoms with van der Waals surface area (Å²) in [5, 5.41) is 4.24. The van der Waals surface area contributed by atoms with Crippen LogP contribution in [-0.4, -0.2) is 42.2 Å². The topological polar surface area (TPSA) is 32.8 Å². The van der Waals surface area contributed by atoms with Gasteiger partial charge in [-0.2, -0.15) is 0 Å². The third-order valence-corrected chi connectivity index (χ3v) is 6.13. The summed E-state index contributed by atoms with van der Waals surface area (Å²) in [6, 6.07) is 16.4. The minimum absolute atomic E-state index is 0.00886. The second kappa shape index (κ2) is 7.51. The summed E-state index contributed by atoms with van der Waals surface area (Å²) in [6.45, 7) is 1.54. The number of carbonyl (C=O) groups excluding carboxylic acids is 1. The molecule has 2 aliphatic rings. The molecule has 0 aliphatic carbocycles. The lowest BCUT2D eigenvalue weighted by atomic mass is 9.90. The summed E-state index contributed by atoms with van der Waals surface area (Å²) < 4.78 is 6.47. The van der Waals surface area contributed by atoms with Gasteiger partial charge in [0.1, 0.15) is 0 Å². The van der Waals surface area contributed by atoms with Gasteiger partial charge >= 0.3 is 0 Å². The van der Waals surface area contributed by atoms with Crippen molar-refractivity contribution in [1.82, 2.24) is 10.0 Å². The van der Waals surface area contributed by atoms with E-state index >= 15 is 0 Å². The van der Waals surface area contributed by atoms with E-state index in [1.807, 2.05) is 35.3 Å². The number of methoxy groups -OCH3 is 1. The highest BCUT2D eigenvalue weighted by Crippen LogP contribution is 2.39. The van der Waals surface area contributed by atoms with E-state index in [0.717, 1.165) is 47.0 Å². The van der Waals surface area contributed by atoms with Crippen molar-refractivity contribution >= 4 is 21.8 Å². The van der Waals surface area contributed by atoms with E-state index in [-0.39, 0.29) is 18.0 Å². The van der Waals surface area contributed by atoms with Gasteiger partial charge in [-0.3, -0.25) is 9.80 Å². The largest absolute Gasteiger partial charge is 0.383 e. The second-order valence-corrected chi connectivity index (χ2v) is 7.82. The minimum Gasteiger partial charge on any atom is -0.383 e. The molecule has 4 rings (SSSR count). The molecule has 2 heterocycles. The standard InChI is InChI=1S/C21H23BrN2O2/c1-26-14-16-8-6-12-23(16)24-20(18-10-4-5-11-19(18)22)13-15-7-2-3-9-17(15)21(24)25/h2-5,7,9-11,16,20H,6,8,12-14H2,1H3/t16-,20+/m0/s1. The highest BCUT2D eigenvalue weighted by atomic mass is 79.9. The van der Waals surface area contributed by atoms with E-state index in [4.69, 9.17) is 4.74 Å². The molecule has 2 atom stereocenters. The number of hydrogen-bond donors (Lipinski definition) is 0. The summed E-state index contributed by atoms with van der Waals surface area (Å²) in [4.78, 5) is 13.5. The molecule has 26 heavy (non-hydrogen) atoms. The van der Waals surface area contributed by atoms with Crippen LogP contribution >= 0.6 is 15.9 Å². The van der Waals surface area contributed by atoms with Gasteiger partial charge in [0.25, 0.3) is 5.91 Å². The van der Waals surface area contributed by atoms with Gasteiger partial charge < -0.3 is 4.74 Å². The molecule has 4 nitrogen and oxygen atoms in total. The number of benzene rings is 2. The van der Waals surface area contributed by atoms with Crippen molar-refractivity contribution in [2.24, 2.45) is 0 Å². The van der Waals surface area contributed by atoms with Gasteiger partial charge in [-0.05, 0) is 42.5 Å². The Bertz CT molecular complexity index is 810. The van der Waals surface area contributed by atoms with Crippen LogP contribution < -0.4 is 0 Å². The maximum absolute atomic E-state index is 13.5. The molecule has 1 saturated heterocycles. The number of amides is 1. The van der Waals surface area contributed by atoms with Gasteiger partial charge in [-0.1, -0.05) is 52.3 Å². The van der Waals surface area contributed by atoms with Crippen LogP contribution in [-0.2, 0) is 11.2 Å². The predicted molar refractivity (Wildman–Crippen MR) is 105 cm³/mol. The Morgan fingerprint density at radius 1 is 1.15 bits per heavy atom. The average Bonchev–Trinajstić information content (AvgIpc) is 3.10. The van der Waals surface area contributed by atoms with Crippen LogP contribution in [0.3, 0.4) is 0 Å². The van der Waals surface area contributed by atoms with Crippen LogP contribution in [0, 0.1) is 0 Å². The van der Waals surface area contributed by atoms with Crippen molar-refractivity contribution < 1.29 is 9.53 Å². The Balaban J connectivity index is 1.79. The van der Waals surface area contributed by atoms with Crippen molar-refractivity contribution in [2.45, 2.75) is 31.3 Å². The number of nitrogens with zero attached hydrogens (tertiary/aromatic N) is 2. The van der Waals surface area contributed by atoms with Crippen LogP contribution in [0.15, 0.2) is 53.0 Å². The SMILES string of the molecule is COC[C@@H]1CCCN1N1C(=O)c2ccccc2C[C@@H]1c1ccccc1Br. The molecule has 0 saturated carbocycles. The van der Waals surface area contributed by atoms with Crippen LogP contribution in [0.2, 0.25) is 0 Å². The highest BCUT2D eigenvalue weighted by Gasteiger charge is 2.41. The molecule has 1 fully saturated rings. The summed E-state index contributed by atoms with van der Waals surface area (Å²) in [5.41, 5.74) is 3.09. The zero-order chi connectivity index (χ0) is 18.1. The Hall–Kier alpha value is -1.69. The van der Waals surface area contributed by atoms with Crippen LogP contribution in [0.5, 0.6) is 0 Å². The first kappa shape index (κ1) is 17.7. The van der Waals surface area contributed by atoms with E-state index in [9.17, 15) is 4.79 Å². The van der Waals surface area contributed by atoms with Crippen LogP contribution in [0.1, 0.15) is 40.4 Å². The van der Waals surface area contributed by atoms with Gasteiger partial charge in [0, 0.05) is 23.7 Å². The molecule has 5 heteroatoms. The number of carbonyl (C=O) groups is 1. The first-order valence-electron chi connectivity index (χ1n) is 9.12. The van der Waals surface area contributed by atoms with Crippen molar-refractivity contribution in [3.8, 4) is 0 Å².